The lowest BCUT2D eigenvalue weighted by molar-refractivity contribution is -0.132. The molecule has 0 aromatic carbocycles. The number of aromatic nitrogens is 1. The van der Waals surface area contributed by atoms with Crippen LogP contribution in [0.4, 0.5) is 0 Å². The Morgan fingerprint density at radius 2 is 1.65 bits per heavy atom. The highest BCUT2D eigenvalue weighted by Gasteiger charge is 2.30. The molecule has 0 unspecified atom stereocenters. The summed E-state index contributed by atoms with van der Waals surface area (Å²) in [5.41, 5.74) is 3.12. The minimum Gasteiger partial charge on any atom is -0.345 e. The van der Waals surface area contributed by atoms with Gasteiger partial charge in [-0.3, -0.25) is 9.59 Å². The molecular weight excluding hydrogens is 326 g/mol. The fraction of sp³-hybridized carbons (Fsp3) is 0.714. The molecule has 0 bridgehead atoms. The number of rotatable bonds is 3. The molecule has 1 aromatic rings. The zero-order valence-electron chi connectivity index (χ0n) is 17.0. The molecule has 1 aliphatic carbocycles. The first-order chi connectivity index (χ1) is 12.2. The standard InChI is InChI=1S/C21H33N3O2/c1-15-13-18(16(2)24(15)17-7-8-17)20(26)23-10-6-9-22(11-12-23)19(25)14-21(3,4)5/h13,17H,6-12,14H2,1-5H3. The largest absolute Gasteiger partial charge is 0.345 e. The number of hydrogen-bond acceptors (Lipinski definition) is 2. The Labute approximate surface area is 157 Å². The predicted octanol–water partition coefficient (Wildman–Crippen LogP) is 3.55. The van der Waals surface area contributed by atoms with Gasteiger partial charge in [-0.15, -0.1) is 0 Å². The van der Waals surface area contributed by atoms with Crippen molar-refractivity contribution >= 4 is 11.8 Å². The summed E-state index contributed by atoms with van der Waals surface area (Å²) in [6.45, 7) is 13.2. The first-order valence-electron chi connectivity index (χ1n) is 9.93. The molecule has 1 saturated heterocycles. The summed E-state index contributed by atoms with van der Waals surface area (Å²) in [7, 11) is 0. The Hall–Kier alpha value is -1.78. The van der Waals surface area contributed by atoms with Crippen molar-refractivity contribution in [2.45, 2.75) is 66.3 Å². The smallest absolute Gasteiger partial charge is 0.255 e. The van der Waals surface area contributed by atoms with E-state index in [9.17, 15) is 9.59 Å². The maximum absolute atomic E-state index is 13.1. The average molecular weight is 360 g/mol. The molecule has 0 atom stereocenters. The number of aryl methyl sites for hydroxylation is 1. The minimum absolute atomic E-state index is 0.000738. The Balaban J connectivity index is 1.67. The molecule has 1 saturated carbocycles. The van der Waals surface area contributed by atoms with Gasteiger partial charge in [-0.2, -0.15) is 0 Å². The van der Waals surface area contributed by atoms with E-state index in [-0.39, 0.29) is 17.2 Å². The van der Waals surface area contributed by atoms with Crippen LogP contribution in [0.2, 0.25) is 0 Å². The summed E-state index contributed by atoms with van der Waals surface area (Å²) in [5.74, 6) is 0.328. The van der Waals surface area contributed by atoms with E-state index >= 15 is 0 Å². The average Bonchev–Trinajstić information content (AvgIpc) is 3.33. The zero-order valence-corrected chi connectivity index (χ0v) is 17.0. The highest BCUT2D eigenvalue weighted by Crippen LogP contribution is 2.38. The van der Waals surface area contributed by atoms with E-state index in [1.165, 1.54) is 18.5 Å². The Bertz CT molecular complexity index is 695. The fourth-order valence-electron chi connectivity index (χ4n) is 3.99. The molecule has 1 aromatic heterocycles. The number of carbonyl (C=O) groups excluding carboxylic acids is 2. The first kappa shape index (κ1) is 19.0. The summed E-state index contributed by atoms with van der Waals surface area (Å²) in [5, 5.41) is 0. The third kappa shape index (κ3) is 4.13. The summed E-state index contributed by atoms with van der Waals surface area (Å²) in [6, 6.07) is 2.63. The van der Waals surface area contributed by atoms with Gasteiger partial charge >= 0.3 is 0 Å². The third-order valence-corrected chi connectivity index (χ3v) is 5.44. The molecule has 144 valence electrons. The monoisotopic (exact) mass is 359 g/mol. The molecule has 3 rings (SSSR count). The number of hydrogen-bond donors (Lipinski definition) is 0. The summed E-state index contributed by atoms with van der Waals surface area (Å²) < 4.78 is 2.32. The van der Waals surface area contributed by atoms with E-state index in [2.05, 4.69) is 39.2 Å². The van der Waals surface area contributed by atoms with Crippen molar-refractivity contribution in [1.29, 1.82) is 0 Å². The van der Waals surface area contributed by atoms with Gasteiger partial charge in [0.05, 0.1) is 5.56 Å². The molecule has 26 heavy (non-hydrogen) atoms. The number of carbonyl (C=O) groups is 2. The number of amides is 2. The topological polar surface area (TPSA) is 45.6 Å². The van der Waals surface area contributed by atoms with Crippen LogP contribution in [0.25, 0.3) is 0 Å². The van der Waals surface area contributed by atoms with Gasteiger partial charge in [-0.05, 0) is 44.6 Å². The van der Waals surface area contributed by atoms with Gasteiger partial charge in [0.15, 0.2) is 0 Å². The molecule has 5 nitrogen and oxygen atoms in total. The Morgan fingerprint density at radius 3 is 2.27 bits per heavy atom. The van der Waals surface area contributed by atoms with Crippen LogP contribution in [-0.2, 0) is 4.79 Å². The molecule has 0 spiro atoms. The zero-order chi connectivity index (χ0) is 19.1. The second kappa shape index (κ2) is 7.09. The summed E-state index contributed by atoms with van der Waals surface area (Å²) in [6.07, 6.45) is 3.85. The second-order valence-electron chi connectivity index (χ2n) is 9.15. The van der Waals surface area contributed by atoms with Crippen molar-refractivity contribution in [3.63, 3.8) is 0 Å². The highest BCUT2D eigenvalue weighted by molar-refractivity contribution is 5.95. The molecule has 0 N–H and O–H groups in total. The van der Waals surface area contributed by atoms with E-state index in [4.69, 9.17) is 0 Å². The van der Waals surface area contributed by atoms with E-state index in [1.54, 1.807) is 0 Å². The Kier molecular flexibility index (Phi) is 5.18. The van der Waals surface area contributed by atoms with Crippen LogP contribution >= 0.6 is 0 Å². The lowest BCUT2D eigenvalue weighted by Gasteiger charge is -2.25. The number of nitrogens with zero attached hydrogens (tertiary/aromatic N) is 3. The quantitative estimate of drug-likeness (QED) is 0.828. The van der Waals surface area contributed by atoms with E-state index in [0.717, 1.165) is 30.8 Å². The van der Waals surface area contributed by atoms with E-state index < -0.39 is 0 Å². The van der Waals surface area contributed by atoms with Gasteiger partial charge in [0.1, 0.15) is 0 Å². The van der Waals surface area contributed by atoms with Crippen molar-refractivity contribution in [3.8, 4) is 0 Å². The fourth-order valence-corrected chi connectivity index (χ4v) is 3.99. The van der Waals surface area contributed by atoms with Gasteiger partial charge < -0.3 is 14.4 Å². The van der Waals surface area contributed by atoms with Gasteiger partial charge in [-0.25, -0.2) is 0 Å². The molecule has 2 aliphatic rings. The molecule has 0 radical (unpaired) electrons. The van der Waals surface area contributed by atoms with Gasteiger partial charge in [0, 0.05) is 50.0 Å². The molecule has 1 aliphatic heterocycles. The Morgan fingerprint density at radius 1 is 1.04 bits per heavy atom. The predicted molar refractivity (Wildman–Crippen MR) is 103 cm³/mol. The second-order valence-corrected chi connectivity index (χ2v) is 9.15. The summed E-state index contributed by atoms with van der Waals surface area (Å²) in [4.78, 5) is 29.5. The van der Waals surface area contributed by atoms with Crippen molar-refractivity contribution < 1.29 is 9.59 Å². The van der Waals surface area contributed by atoms with Crippen LogP contribution in [0.5, 0.6) is 0 Å². The van der Waals surface area contributed by atoms with Crippen LogP contribution in [0.15, 0.2) is 6.07 Å². The van der Waals surface area contributed by atoms with Crippen LogP contribution in [0.3, 0.4) is 0 Å². The first-order valence-corrected chi connectivity index (χ1v) is 9.93. The third-order valence-electron chi connectivity index (χ3n) is 5.44. The van der Waals surface area contributed by atoms with Crippen molar-refractivity contribution in [2.24, 2.45) is 5.41 Å². The maximum Gasteiger partial charge on any atom is 0.255 e. The SMILES string of the molecule is Cc1cc(C(=O)N2CCCN(C(=O)CC(C)(C)C)CC2)c(C)n1C1CC1. The van der Waals surface area contributed by atoms with Crippen LogP contribution in [0.1, 0.15) is 74.2 Å². The van der Waals surface area contributed by atoms with Gasteiger partial charge in [0.25, 0.3) is 5.91 Å². The van der Waals surface area contributed by atoms with Gasteiger partial charge in [-0.1, -0.05) is 20.8 Å². The molecule has 2 heterocycles. The van der Waals surface area contributed by atoms with Crippen molar-refractivity contribution in [3.05, 3.63) is 23.0 Å². The minimum atomic E-state index is -0.000738. The molecule has 2 fully saturated rings. The lowest BCUT2D eigenvalue weighted by atomic mass is 9.91. The van der Waals surface area contributed by atoms with Crippen molar-refractivity contribution in [2.75, 3.05) is 26.2 Å². The van der Waals surface area contributed by atoms with Crippen molar-refractivity contribution in [1.82, 2.24) is 14.4 Å². The van der Waals surface area contributed by atoms with Crippen LogP contribution in [-0.4, -0.2) is 52.4 Å². The van der Waals surface area contributed by atoms with E-state index in [0.29, 0.717) is 25.6 Å². The van der Waals surface area contributed by atoms with Crippen LogP contribution in [0, 0.1) is 19.3 Å². The maximum atomic E-state index is 13.1. The normalized spacial score (nSPS) is 18.8. The molecule has 2 amide bonds. The summed E-state index contributed by atoms with van der Waals surface area (Å²) >= 11 is 0. The van der Waals surface area contributed by atoms with Crippen LogP contribution < -0.4 is 0 Å². The van der Waals surface area contributed by atoms with E-state index in [1.807, 2.05) is 15.9 Å². The lowest BCUT2D eigenvalue weighted by Crippen LogP contribution is -2.38. The molecule has 5 heteroatoms. The molecular formula is C21H33N3O2. The highest BCUT2D eigenvalue weighted by atomic mass is 16.2. The van der Waals surface area contributed by atoms with Gasteiger partial charge in [0.2, 0.25) is 5.91 Å².